The Balaban J connectivity index is 2.67. The monoisotopic (exact) mass is 558 g/mol. The highest BCUT2D eigenvalue weighted by Crippen LogP contribution is 2.38. The van der Waals surface area contributed by atoms with Gasteiger partial charge < -0.3 is 18.9 Å². The van der Waals surface area contributed by atoms with Crippen molar-refractivity contribution in [1.82, 2.24) is 0 Å². The minimum absolute atomic E-state index is 0.0260. The Kier molecular flexibility index (Phi) is 10.9. The Labute approximate surface area is 240 Å². The van der Waals surface area contributed by atoms with Crippen molar-refractivity contribution in [2.24, 2.45) is 0 Å². The molecule has 0 unspecified atom stereocenters. The maximum absolute atomic E-state index is 12.3. The summed E-state index contributed by atoms with van der Waals surface area (Å²) in [7, 11) is 0. The van der Waals surface area contributed by atoms with Crippen LogP contribution in [0.3, 0.4) is 0 Å². The van der Waals surface area contributed by atoms with Gasteiger partial charge in [-0.2, -0.15) is 0 Å². The topological polar surface area (TPSA) is 105 Å². The summed E-state index contributed by atoms with van der Waals surface area (Å²) in [4.78, 5) is 49.0. The van der Waals surface area contributed by atoms with Gasteiger partial charge in [-0.3, -0.25) is 0 Å². The summed E-state index contributed by atoms with van der Waals surface area (Å²) in [6.45, 7) is 24.2. The lowest BCUT2D eigenvalue weighted by atomic mass is 9.93. The third-order valence-corrected chi connectivity index (χ3v) is 5.68. The zero-order valence-electron chi connectivity index (χ0n) is 24.3. The summed E-state index contributed by atoms with van der Waals surface area (Å²) in [5.41, 5.74) is 3.68. The quantitative estimate of drug-likeness (QED) is 0.126. The van der Waals surface area contributed by atoms with Crippen LogP contribution in [0.1, 0.15) is 59.1 Å². The zero-order chi connectivity index (χ0) is 31.0. The van der Waals surface area contributed by atoms with E-state index in [9.17, 15) is 19.2 Å². The zero-order valence-corrected chi connectivity index (χ0v) is 24.3. The molecule has 0 amide bonds. The van der Waals surface area contributed by atoms with Crippen LogP contribution in [-0.4, -0.2) is 23.9 Å². The summed E-state index contributed by atoms with van der Waals surface area (Å²) in [6, 6.07) is 9.67. The van der Waals surface area contributed by atoms with Crippen LogP contribution in [-0.2, 0) is 19.2 Å². The van der Waals surface area contributed by atoms with Gasteiger partial charge in [0.2, 0.25) is 0 Å². The SMILES string of the molecule is C=C(C)C(=O)Oc1ccc(/C(C)=C(\CC)c2ccc(OC(=O)C(=C)C)c(OC(=O)C(=C)C)c2)cc1OC(=O)C(=C)C. The molecule has 0 aliphatic rings. The molecule has 0 aromatic heterocycles. The Morgan fingerprint density at radius 2 is 0.854 bits per heavy atom. The molecule has 0 heterocycles. The average molecular weight is 559 g/mol. The molecule has 8 nitrogen and oxygen atoms in total. The molecule has 0 saturated heterocycles. The van der Waals surface area contributed by atoms with E-state index in [2.05, 4.69) is 26.3 Å². The van der Waals surface area contributed by atoms with Gasteiger partial charge in [-0.25, -0.2) is 19.2 Å². The second-order valence-corrected chi connectivity index (χ2v) is 9.46. The molecule has 8 heteroatoms. The van der Waals surface area contributed by atoms with Crippen molar-refractivity contribution in [3.05, 3.63) is 96.1 Å². The van der Waals surface area contributed by atoms with Gasteiger partial charge in [-0.15, -0.1) is 0 Å². The van der Waals surface area contributed by atoms with Crippen LogP contribution in [0.4, 0.5) is 0 Å². The molecule has 0 radical (unpaired) electrons. The van der Waals surface area contributed by atoms with Crippen LogP contribution in [0, 0.1) is 0 Å². The number of hydrogen-bond donors (Lipinski definition) is 0. The standard InChI is InChI=1S/C33H34O8/c1-11-25(24-13-15-27(39-31(35)19(4)5)29(17-24)41-33(37)21(8)9)22(10)23-12-14-26(38-30(34)18(2)3)28(16-23)40-32(36)20(6)7/h12-17H,2,4,6,8,11H2,1,3,5,7,9-10H3/b25-22+. The van der Waals surface area contributed by atoms with Gasteiger partial charge in [-0.05, 0) is 87.6 Å². The molecule has 0 N–H and O–H groups in total. The number of allylic oxidation sites excluding steroid dienone is 2. The lowest BCUT2D eigenvalue weighted by Gasteiger charge is -2.17. The Hall–Kier alpha value is -4.98. The summed E-state index contributed by atoms with van der Waals surface area (Å²) in [5.74, 6) is -2.57. The largest absolute Gasteiger partial charge is 0.419 e. The van der Waals surface area contributed by atoms with Crippen LogP contribution in [0.25, 0.3) is 11.1 Å². The second-order valence-electron chi connectivity index (χ2n) is 9.46. The van der Waals surface area contributed by atoms with Gasteiger partial charge in [0.15, 0.2) is 23.0 Å². The van der Waals surface area contributed by atoms with Crippen LogP contribution in [0.2, 0.25) is 0 Å². The van der Waals surface area contributed by atoms with E-state index in [1.165, 1.54) is 39.8 Å². The van der Waals surface area contributed by atoms with Crippen LogP contribution in [0.15, 0.2) is 85.0 Å². The first-order chi connectivity index (χ1) is 19.2. The molecule has 0 bridgehead atoms. The van der Waals surface area contributed by atoms with Crippen LogP contribution >= 0.6 is 0 Å². The predicted octanol–water partition coefficient (Wildman–Crippen LogP) is 6.95. The molecule has 0 fully saturated rings. The summed E-state index contributed by atoms with van der Waals surface area (Å²) in [5, 5.41) is 0. The molecule has 2 aromatic carbocycles. The molecule has 0 saturated carbocycles. The first-order valence-electron chi connectivity index (χ1n) is 12.7. The van der Waals surface area contributed by atoms with Crippen molar-refractivity contribution < 1.29 is 38.1 Å². The van der Waals surface area contributed by atoms with Crippen molar-refractivity contribution in [1.29, 1.82) is 0 Å². The highest BCUT2D eigenvalue weighted by Gasteiger charge is 2.20. The fourth-order valence-corrected chi connectivity index (χ4v) is 3.37. The maximum atomic E-state index is 12.3. The summed E-state index contributed by atoms with van der Waals surface area (Å²) < 4.78 is 21.7. The van der Waals surface area contributed by atoms with Crippen LogP contribution < -0.4 is 18.9 Å². The molecule has 0 aliphatic heterocycles. The van der Waals surface area contributed by atoms with E-state index < -0.39 is 23.9 Å². The van der Waals surface area contributed by atoms with E-state index >= 15 is 0 Å². The number of benzene rings is 2. The van der Waals surface area contributed by atoms with Gasteiger partial charge in [0.1, 0.15) is 0 Å². The molecule has 0 atom stereocenters. The molecular weight excluding hydrogens is 524 g/mol. The first kappa shape index (κ1) is 32.2. The predicted molar refractivity (Wildman–Crippen MR) is 157 cm³/mol. The molecule has 2 aromatic rings. The minimum Gasteiger partial charge on any atom is -0.419 e. The van der Waals surface area contributed by atoms with Gasteiger partial charge in [0.25, 0.3) is 0 Å². The molecule has 0 aliphatic carbocycles. The van der Waals surface area contributed by atoms with E-state index in [0.717, 1.165) is 11.1 Å². The molecular formula is C33H34O8. The van der Waals surface area contributed by atoms with Crippen molar-refractivity contribution >= 4 is 35.0 Å². The minimum atomic E-state index is -0.684. The molecule has 41 heavy (non-hydrogen) atoms. The Bertz CT molecular complexity index is 1500. The van der Waals surface area contributed by atoms with Gasteiger partial charge in [0, 0.05) is 22.3 Å². The number of rotatable bonds is 11. The number of ether oxygens (including phenoxy) is 4. The number of hydrogen-bond acceptors (Lipinski definition) is 8. The maximum Gasteiger partial charge on any atom is 0.338 e. The second kappa shape index (κ2) is 13.9. The van der Waals surface area contributed by atoms with E-state index in [1.54, 1.807) is 24.3 Å². The lowest BCUT2D eigenvalue weighted by Crippen LogP contribution is -2.13. The molecule has 2 rings (SSSR count). The van der Waals surface area contributed by atoms with Crippen molar-refractivity contribution in [3.8, 4) is 23.0 Å². The van der Waals surface area contributed by atoms with Crippen LogP contribution in [0.5, 0.6) is 23.0 Å². The van der Waals surface area contributed by atoms with Crippen molar-refractivity contribution in [2.75, 3.05) is 0 Å². The van der Waals surface area contributed by atoms with Gasteiger partial charge in [0.05, 0.1) is 0 Å². The fraction of sp³-hybridized carbons (Fsp3) is 0.212. The average Bonchev–Trinajstić information content (AvgIpc) is 2.90. The van der Waals surface area contributed by atoms with E-state index in [0.29, 0.717) is 17.5 Å². The molecule has 0 spiro atoms. The Morgan fingerprint density at radius 3 is 1.20 bits per heavy atom. The number of carbonyl (C=O) groups is 4. The first-order valence-corrected chi connectivity index (χ1v) is 12.7. The lowest BCUT2D eigenvalue weighted by molar-refractivity contribution is -0.132. The van der Waals surface area contributed by atoms with E-state index in [-0.39, 0.29) is 45.3 Å². The van der Waals surface area contributed by atoms with Crippen molar-refractivity contribution in [2.45, 2.75) is 48.0 Å². The van der Waals surface area contributed by atoms with Gasteiger partial charge >= 0.3 is 23.9 Å². The smallest absolute Gasteiger partial charge is 0.338 e. The van der Waals surface area contributed by atoms with E-state index in [1.807, 2.05) is 13.8 Å². The number of esters is 4. The van der Waals surface area contributed by atoms with Crippen molar-refractivity contribution in [3.63, 3.8) is 0 Å². The van der Waals surface area contributed by atoms with E-state index in [4.69, 9.17) is 18.9 Å². The third-order valence-electron chi connectivity index (χ3n) is 5.68. The Morgan fingerprint density at radius 1 is 0.537 bits per heavy atom. The van der Waals surface area contributed by atoms with Gasteiger partial charge in [-0.1, -0.05) is 45.4 Å². The number of carbonyl (C=O) groups excluding carboxylic acids is 4. The summed E-state index contributed by atoms with van der Waals surface area (Å²) in [6.07, 6.45) is 0.553. The fourth-order valence-electron chi connectivity index (χ4n) is 3.37. The third kappa shape index (κ3) is 8.50. The molecule has 214 valence electrons. The normalized spacial score (nSPS) is 11.0. The summed E-state index contributed by atoms with van der Waals surface area (Å²) >= 11 is 0. The highest BCUT2D eigenvalue weighted by atomic mass is 16.6. The highest BCUT2D eigenvalue weighted by molar-refractivity contribution is 5.95.